The Labute approximate surface area is 115 Å². The first kappa shape index (κ1) is 12.1. The minimum Gasteiger partial charge on any atom is -0.388 e. The maximum Gasteiger partial charge on any atom is 0.106 e. The lowest BCUT2D eigenvalue weighted by Crippen LogP contribution is -2.22. The molecule has 5 heteroatoms. The molecule has 0 amide bonds. The molecular formula is C13H13ClN2OS. The fraction of sp³-hybridized carbons (Fsp3) is 0.308. The second-order valence-electron chi connectivity index (χ2n) is 4.44. The smallest absolute Gasteiger partial charge is 0.106 e. The Morgan fingerprint density at radius 1 is 1.50 bits per heavy atom. The number of benzene rings is 1. The fourth-order valence-electron chi connectivity index (χ4n) is 2.25. The van der Waals surface area contributed by atoms with Crippen molar-refractivity contribution in [3.05, 3.63) is 47.0 Å². The Morgan fingerprint density at radius 3 is 3.17 bits per heavy atom. The fourth-order valence-corrected chi connectivity index (χ4v) is 3.64. The van der Waals surface area contributed by atoms with Gasteiger partial charge in [0.15, 0.2) is 0 Å². The van der Waals surface area contributed by atoms with E-state index >= 15 is 0 Å². The quantitative estimate of drug-likeness (QED) is 0.889. The Kier molecular flexibility index (Phi) is 3.33. The topological polar surface area (TPSA) is 48.9 Å². The summed E-state index contributed by atoms with van der Waals surface area (Å²) in [5.74, 6) is 1.99. The van der Waals surface area contributed by atoms with Crippen molar-refractivity contribution in [3.63, 3.8) is 0 Å². The van der Waals surface area contributed by atoms with Crippen LogP contribution in [0.4, 0.5) is 0 Å². The molecule has 0 bridgehead atoms. The zero-order chi connectivity index (χ0) is 12.5. The number of hydrogen-bond acceptors (Lipinski definition) is 3. The van der Waals surface area contributed by atoms with Crippen molar-refractivity contribution in [1.29, 1.82) is 0 Å². The van der Waals surface area contributed by atoms with E-state index in [2.05, 4.69) is 9.97 Å². The third-order valence-electron chi connectivity index (χ3n) is 3.20. The van der Waals surface area contributed by atoms with E-state index in [9.17, 15) is 5.11 Å². The molecule has 0 aliphatic carbocycles. The van der Waals surface area contributed by atoms with Gasteiger partial charge in [-0.2, -0.15) is 0 Å². The van der Waals surface area contributed by atoms with Gasteiger partial charge in [-0.05, 0) is 23.8 Å². The highest BCUT2D eigenvalue weighted by atomic mass is 35.5. The number of thioether (sulfide) groups is 1. The minimum atomic E-state index is -0.468. The molecule has 1 aliphatic heterocycles. The predicted octanol–water partition coefficient (Wildman–Crippen LogP) is 3.06. The first-order chi connectivity index (χ1) is 8.74. The molecule has 1 aromatic carbocycles. The molecule has 0 saturated heterocycles. The normalized spacial score (nSPS) is 22.8. The molecule has 2 atom stereocenters. The molecule has 3 nitrogen and oxygen atoms in total. The van der Waals surface area contributed by atoms with Crippen molar-refractivity contribution >= 4 is 23.4 Å². The highest BCUT2D eigenvalue weighted by Gasteiger charge is 2.29. The number of nitrogens with one attached hydrogen (secondary N) is 1. The third kappa shape index (κ3) is 2.28. The molecular weight excluding hydrogens is 268 g/mol. The van der Waals surface area contributed by atoms with Crippen LogP contribution in [0.2, 0.25) is 5.02 Å². The van der Waals surface area contributed by atoms with Gasteiger partial charge in [0.05, 0.1) is 6.10 Å². The molecule has 0 radical (unpaired) electrons. The van der Waals surface area contributed by atoms with Crippen LogP contribution in [0.15, 0.2) is 35.5 Å². The number of aliphatic hydroxyl groups is 1. The first-order valence-corrected chi connectivity index (χ1v) is 7.19. The van der Waals surface area contributed by atoms with Crippen molar-refractivity contribution in [2.24, 2.45) is 5.92 Å². The summed E-state index contributed by atoms with van der Waals surface area (Å²) in [6, 6.07) is 5.71. The van der Waals surface area contributed by atoms with E-state index in [1.165, 1.54) is 0 Å². The number of rotatable bonds is 2. The first-order valence-electron chi connectivity index (χ1n) is 5.82. The number of aromatic amines is 1. The van der Waals surface area contributed by atoms with E-state index in [1.54, 1.807) is 18.0 Å². The summed E-state index contributed by atoms with van der Waals surface area (Å²) in [5, 5.41) is 11.1. The van der Waals surface area contributed by atoms with Crippen LogP contribution in [0.3, 0.4) is 0 Å². The van der Waals surface area contributed by atoms with Crippen molar-refractivity contribution in [2.75, 3.05) is 5.75 Å². The van der Waals surface area contributed by atoms with Crippen LogP contribution in [-0.2, 0) is 6.42 Å². The summed E-state index contributed by atoms with van der Waals surface area (Å²) in [7, 11) is 0. The summed E-state index contributed by atoms with van der Waals surface area (Å²) >= 11 is 7.76. The highest BCUT2D eigenvalue weighted by Crippen LogP contribution is 2.41. The number of fused-ring (bicyclic) bond motifs is 1. The van der Waals surface area contributed by atoms with Gasteiger partial charge < -0.3 is 10.1 Å². The zero-order valence-electron chi connectivity index (χ0n) is 9.64. The average Bonchev–Trinajstić information content (AvgIpc) is 2.86. The maximum atomic E-state index is 10.4. The molecule has 94 valence electrons. The Bertz CT molecular complexity index is 544. The van der Waals surface area contributed by atoms with Crippen molar-refractivity contribution < 1.29 is 5.11 Å². The predicted molar refractivity (Wildman–Crippen MR) is 72.9 cm³/mol. The van der Waals surface area contributed by atoms with E-state index in [0.29, 0.717) is 5.02 Å². The molecule has 0 fully saturated rings. The van der Waals surface area contributed by atoms with Crippen LogP contribution < -0.4 is 0 Å². The van der Waals surface area contributed by atoms with Crippen molar-refractivity contribution in [1.82, 2.24) is 9.97 Å². The monoisotopic (exact) mass is 280 g/mol. The van der Waals surface area contributed by atoms with Gasteiger partial charge in [-0.3, -0.25) is 0 Å². The third-order valence-corrected chi connectivity index (χ3v) is 4.71. The number of aliphatic hydroxyl groups excluding tert-OH is 1. The van der Waals surface area contributed by atoms with Crippen LogP contribution >= 0.6 is 23.4 Å². The summed E-state index contributed by atoms with van der Waals surface area (Å²) in [6.45, 7) is 0. The van der Waals surface area contributed by atoms with Crippen molar-refractivity contribution in [2.45, 2.75) is 17.4 Å². The Balaban J connectivity index is 1.84. The largest absolute Gasteiger partial charge is 0.388 e. The van der Waals surface area contributed by atoms with E-state index < -0.39 is 6.10 Å². The molecule has 1 aromatic heterocycles. The summed E-state index contributed by atoms with van der Waals surface area (Å²) < 4.78 is 0. The van der Waals surface area contributed by atoms with Gasteiger partial charge in [0.2, 0.25) is 0 Å². The van der Waals surface area contributed by atoms with Crippen LogP contribution in [0, 0.1) is 5.92 Å². The summed E-state index contributed by atoms with van der Waals surface area (Å²) in [5.41, 5.74) is 0.940. The number of aromatic nitrogens is 2. The maximum absolute atomic E-state index is 10.4. The lowest BCUT2D eigenvalue weighted by molar-refractivity contribution is 0.114. The minimum absolute atomic E-state index is 0.173. The lowest BCUT2D eigenvalue weighted by atomic mass is 9.93. The molecule has 2 heterocycles. The van der Waals surface area contributed by atoms with Gasteiger partial charge in [-0.25, -0.2) is 4.98 Å². The average molecular weight is 281 g/mol. The standard InChI is InChI=1S/C13H13ClN2OS/c14-9-1-2-11-10(6-9)13(17)8(7-18-11)5-12-15-3-4-16-12/h1-4,6,8,13,17H,5,7H2,(H,15,16)/t8-,13-/m1/s1. The van der Waals surface area contributed by atoms with Crippen molar-refractivity contribution in [3.8, 4) is 0 Å². The second kappa shape index (κ2) is 4.96. The molecule has 1 aliphatic rings. The molecule has 2 aromatic rings. The van der Waals surface area contributed by atoms with Gasteiger partial charge in [0.25, 0.3) is 0 Å². The van der Waals surface area contributed by atoms with Gasteiger partial charge in [-0.15, -0.1) is 11.8 Å². The van der Waals surface area contributed by atoms with Crippen LogP contribution in [0.25, 0.3) is 0 Å². The molecule has 0 unspecified atom stereocenters. The highest BCUT2D eigenvalue weighted by molar-refractivity contribution is 7.99. The number of imidazole rings is 1. The number of nitrogens with zero attached hydrogens (tertiary/aromatic N) is 1. The van der Waals surface area contributed by atoms with Crippen LogP contribution in [0.1, 0.15) is 17.5 Å². The lowest BCUT2D eigenvalue weighted by Gasteiger charge is -2.29. The molecule has 2 N–H and O–H groups in total. The number of halogens is 1. The van der Waals surface area contributed by atoms with Crippen LogP contribution in [-0.4, -0.2) is 20.8 Å². The summed E-state index contributed by atoms with van der Waals surface area (Å²) in [4.78, 5) is 8.43. The van der Waals surface area contributed by atoms with Crippen LogP contribution in [0.5, 0.6) is 0 Å². The van der Waals surface area contributed by atoms with Gasteiger partial charge in [0, 0.05) is 40.4 Å². The second-order valence-corrected chi connectivity index (χ2v) is 5.94. The molecule has 0 spiro atoms. The number of H-pyrrole nitrogens is 1. The van der Waals surface area contributed by atoms with E-state index in [4.69, 9.17) is 11.6 Å². The van der Waals surface area contributed by atoms with E-state index in [0.717, 1.165) is 28.5 Å². The Hall–Kier alpha value is -0.970. The van der Waals surface area contributed by atoms with E-state index in [-0.39, 0.29) is 5.92 Å². The Morgan fingerprint density at radius 2 is 2.39 bits per heavy atom. The molecule has 18 heavy (non-hydrogen) atoms. The SMILES string of the molecule is O[C@H]1c2cc(Cl)ccc2SC[C@H]1Cc1ncc[nH]1. The van der Waals surface area contributed by atoms with Gasteiger partial charge in [-0.1, -0.05) is 11.6 Å². The zero-order valence-corrected chi connectivity index (χ0v) is 11.2. The molecule has 0 saturated carbocycles. The summed E-state index contributed by atoms with van der Waals surface area (Å²) in [6.07, 6.45) is 3.84. The van der Waals surface area contributed by atoms with Gasteiger partial charge in [0.1, 0.15) is 5.82 Å². The number of hydrogen-bond donors (Lipinski definition) is 2. The van der Waals surface area contributed by atoms with E-state index in [1.807, 2.05) is 24.4 Å². The molecule has 3 rings (SSSR count). The van der Waals surface area contributed by atoms with Gasteiger partial charge >= 0.3 is 0 Å².